The van der Waals surface area contributed by atoms with Crippen molar-refractivity contribution in [2.75, 3.05) is 26.2 Å². The molecule has 3 nitrogen and oxygen atoms in total. The molecule has 1 unspecified atom stereocenters. The maximum absolute atomic E-state index is 12.5. The van der Waals surface area contributed by atoms with Crippen molar-refractivity contribution in [2.45, 2.75) is 40.2 Å². The van der Waals surface area contributed by atoms with E-state index in [1.807, 2.05) is 4.90 Å². The van der Waals surface area contributed by atoms with E-state index in [2.05, 4.69) is 45.0 Å². The molecule has 0 aromatic heterocycles. The van der Waals surface area contributed by atoms with Gasteiger partial charge in [-0.1, -0.05) is 24.3 Å². The number of amides is 1. The third-order valence-corrected chi connectivity index (χ3v) is 4.74. The third-order valence-electron chi connectivity index (χ3n) is 4.74. The first-order chi connectivity index (χ1) is 10.2. The van der Waals surface area contributed by atoms with E-state index in [1.54, 1.807) is 4.90 Å². The highest BCUT2D eigenvalue weighted by atomic mass is 16.2. The van der Waals surface area contributed by atoms with Crippen molar-refractivity contribution in [3.63, 3.8) is 0 Å². The summed E-state index contributed by atoms with van der Waals surface area (Å²) < 4.78 is 0. The Bertz CT molecular complexity index is 468. The minimum Gasteiger partial charge on any atom is -0.343 e. The summed E-state index contributed by atoms with van der Waals surface area (Å²) in [7, 11) is 0. The summed E-state index contributed by atoms with van der Waals surface area (Å²) in [5.41, 5.74) is 2.78. The number of carbonyl (C=O) groups is 1. The number of likely N-dealkylation sites (tertiary alicyclic amines) is 1. The Morgan fingerprint density at radius 3 is 2.67 bits per heavy atom. The lowest BCUT2D eigenvalue weighted by molar-refractivity contribution is -0.921. The second-order valence-corrected chi connectivity index (χ2v) is 6.16. The van der Waals surface area contributed by atoms with Gasteiger partial charge in [0.2, 0.25) is 5.91 Å². The number of nitrogens with one attached hydrogen (secondary N) is 1. The predicted octanol–water partition coefficient (Wildman–Crippen LogP) is 1.66. The molecule has 1 heterocycles. The number of quaternary nitrogens is 1. The highest BCUT2D eigenvalue weighted by molar-refractivity contribution is 5.78. The van der Waals surface area contributed by atoms with Gasteiger partial charge in [0.25, 0.3) is 0 Å². The molecule has 0 radical (unpaired) electrons. The maximum atomic E-state index is 12.5. The van der Waals surface area contributed by atoms with Crippen LogP contribution in [-0.2, 0) is 11.3 Å². The minimum atomic E-state index is 0.220. The second-order valence-electron chi connectivity index (χ2n) is 6.16. The molecule has 0 spiro atoms. The summed E-state index contributed by atoms with van der Waals surface area (Å²) in [6, 6.07) is 8.61. The van der Waals surface area contributed by atoms with E-state index in [1.165, 1.54) is 24.1 Å². The largest absolute Gasteiger partial charge is 0.343 e. The van der Waals surface area contributed by atoms with Crippen LogP contribution in [0.1, 0.15) is 37.8 Å². The minimum absolute atomic E-state index is 0.220. The lowest BCUT2D eigenvalue weighted by Gasteiger charge is -2.32. The van der Waals surface area contributed by atoms with Gasteiger partial charge < -0.3 is 9.80 Å². The van der Waals surface area contributed by atoms with Gasteiger partial charge >= 0.3 is 0 Å². The Balaban J connectivity index is 1.98. The van der Waals surface area contributed by atoms with E-state index in [0.717, 1.165) is 32.6 Å². The van der Waals surface area contributed by atoms with Crippen LogP contribution in [-0.4, -0.2) is 37.0 Å². The molecule has 1 aromatic rings. The molecular formula is C18H29N2O+. The maximum Gasteiger partial charge on any atom is 0.231 e. The number of aryl methyl sites for hydroxylation is 1. The van der Waals surface area contributed by atoms with E-state index < -0.39 is 0 Å². The molecule has 1 aliphatic rings. The lowest BCUT2D eigenvalue weighted by Crippen LogP contribution is -3.12. The molecule has 21 heavy (non-hydrogen) atoms. The standard InChI is InChI=1S/C18H28N2O/c1-4-20(5-2)18(21)17-11-8-12-19(14-17)13-16-10-7-6-9-15(16)3/h6-7,9-10,17H,4-5,8,11-14H2,1-3H3/p+1/t17-/m1/s1. The topological polar surface area (TPSA) is 24.8 Å². The molecule has 2 rings (SSSR count). The highest BCUT2D eigenvalue weighted by Crippen LogP contribution is 2.12. The van der Waals surface area contributed by atoms with Gasteiger partial charge in [-0.2, -0.15) is 0 Å². The zero-order valence-electron chi connectivity index (χ0n) is 13.7. The molecule has 116 valence electrons. The van der Waals surface area contributed by atoms with Crippen LogP contribution in [0.5, 0.6) is 0 Å². The summed E-state index contributed by atoms with van der Waals surface area (Å²) >= 11 is 0. The molecule has 1 aliphatic heterocycles. The highest BCUT2D eigenvalue weighted by Gasteiger charge is 2.30. The van der Waals surface area contributed by atoms with Crippen LogP contribution in [0, 0.1) is 12.8 Å². The third kappa shape index (κ3) is 4.07. The van der Waals surface area contributed by atoms with Gasteiger partial charge in [0.15, 0.2) is 0 Å². The number of hydrogen-bond donors (Lipinski definition) is 1. The van der Waals surface area contributed by atoms with Gasteiger partial charge in [-0.05, 0) is 39.2 Å². The fourth-order valence-corrected chi connectivity index (χ4v) is 3.39. The fraction of sp³-hybridized carbons (Fsp3) is 0.611. The van der Waals surface area contributed by atoms with Crippen molar-refractivity contribution in [2.24, 2.45) is 5.92 Å². The van der Waals surface area contributed by atoms with E-state index in [9.17, 15) is 4.79 Å². The summed E-state index contributed by atoms with van der Waals surface area (Å²) in [6.45, 7) is 11.2. The Morgan fingerprint density at radius 2 is 2.00 bits per heavy atom. The number of rotatable bonds is 5. The van der Waals surface area contributed by atoms with Gasteiger partial charge in [0.1, 0.15) is 6.54 Å². The molecule has 0 aliphatic carbocycles. The van der Waals surface area contributed by atoms with Gasteiger partial charge in [-0.15, -0.1) is 0 Å². The van der Waals surface area contributed by atoms with Gasteiger partial charge in [0, 0.05) is 18.7 Å². The number of hydrogen-bond acceptors (Lipinski definition) is 1. The van der Waals surface area contributed by atoms with Crippen LogP contribution >= 0.6 is 0 Å². The Morgan fingerprint density at radius 1 is 1.29 bits per heavy atom. The van der Waals surface area contributed by atoms with Crippen molar-refractivity contribution >= 4 is 5.91 Å². The summed E-state index contributed by atoms with van der Waals surface area (Å²) in [6.07, 6.45) is 2.23. The lowest BCUT2D eigenvalue weighted by atomic mass is 9.95. The van der Waals surface area contributed by atoms with Crippen LogP contribution in [0.15, 0.2) is 24.3 Å². The van der Waals surface area contributed by atoms with Gasteiger partial charge in [-0.25, -0.2) is 0 Å². The van der Waals surface area contributed by atoms with E-state index in [0.29, 0.717) is 5.91 Å². The zero-order valence-corrected chi connectivity index (χ0v) is 13.7. The first-order valence-corrected chi connectivity index (χ1v) is 8.32. The monoisotopic (exact) mass is 289 g/mol. The van der Waals surface area contributed by atoms with Crippen molar-refractivity contribution in [1.82, 2.24) is 4.90 Å². The number of carbonyl (C=O) groups excluding carboxylic acids is 1. The Kier molecular flexibility index (Phi) is 5.80. The summed E-state index contributed by atoms with van der Waals surface area (Å²) in [4.78, 5) is 16.1. The van der Waals surface area contributed by atoms with E-state index in [4.69, 9.17) is 0 Å². The molecule has 1 amide bonds. The Hall–Kier alpha value is -1.35. The molecule has 1 saturated heterocycles. The SMILES string of the molecule is CCN(CC)C(=O)[C@@H]1CCC[NH+](Cc2ccccc2C)C1. The molecule has 1 aromatic carbocycles. The fourth-order valence-electron chi connectivity index (χ4n) is 3.39. The number of benzene rings is 1. The quantitative estimate of drug-likeness (QED) is 0.876. The molecule has 1 N–H and O–H groups in total. The number of nitrogens with zero attached hydrogens (tertiary/aromatic N) is 1. The predicted molar refractivity (Wildman–Crippen MR) is 86.2 cm³/mol. The van der Waals surface area contributed by atoms with Crippen LogP contribution in [0.3, 0.4) is 0 Å². The van der Waals surface area contributed by atoms with Crippen molar-refractivity contribution in [3.8, 4) is 0 Å². The van der Waals surface area contributed by atoms with Gasteiger partial charge in [-0.3, -0.25) is 4.79 Å². The first-order valence-electron chi connectivity index (χ1n) is 8.32. The van der Waals surface area contributed by atoms with E-state index in [-0.39, 0.29) is 5.92 Å². The average Bonchev–Trinajstić information content (AvgIpc) is 2.51. The summed E-state index contributed by atoms with van der Waals surface area (Å²) in [5.74, 6) is 0.583. The summed E-state index contributed by atoms with van der Waals surface area (Å²) in [5, 5.41) is 0. The Labute approximate surface area is 128 Å². The smallest absolute Gasteiger partial charge is 0.231 e. The second kappa shape index (κ2) is 7.60. The zero-order chi connectivity index (χ0) is 15.2. The van der Waals surface area contributed by atoms with Crippen molar-refractivity contribution in [1.29, 1.82) is 0 Å². The van der Waals surface area contributed by atoms with Crippen LogP contribution in [0.2, 0.25) is 0 Å². The van der Waals surface area contributed by atoms with Crippen molar-refractivity contribution in [3.05, 3.63) is 35.4 Å². The molecule has 1 fully saturated rings. The molecule has 0 saturated carbocycles. The van der Waals surface area contributed by atoms with Crippen LogP contribution in [0.4, 0.5) is 0 Å². The average molecular weight is 289 g/mol. The first kappa shape index (κ1) is 16.0. The normalized spacial score (nSPS) is 22.0. The van der Waals surface area contributed by atoms with Crippen LogP contribution in [0.25, 0.3) is 0 Å². The van der Waals surface area contributed by atoms with Gasteiger partial charge in [0.05, 0.1) is 19.0 Å². The molecule has 0 bridgehead atoms. The molecule has 3 heteroatoms. The molecular weight excluding hydrogens is 260 g/mol. The number of piperidine rings is 1. The van der Waals surface area contributed by atoms with E-state index >= 15 is 0 Å². The van der Waals surface area contributed by atoms with Crippen molar-refractivity contribution < 1.29 is 9.69 Å². The molecule has 2 atom stereocenters. The van der Waals surface area contributed by atoms with Crippen LogP contribution < -0.4 is 4.90 Å².